The standard InChI is InChI=1S/C25H26BrFN2O5/c1-33-20-7-6-17(15-19(20)27)23(30)21-22(16-4-2-5-18(26)14-16)29(25(32)24(21)31)9-3-8-28-10-12-34-13-11-28/h2,4-7,14-15,22,31H,3,8-13H2,1H3. The van der Waals surface area contributed by atoms with Crippen LogP contribution in [0.15, 0.2) is 58.3 Å². The lowest BCUT2D eigenvalue weighted by molar-refractivity contribution is -0.129. The maximum Gasteiger partial charge on any atom is 0.290 e. The molecule has 0 bridgehead atoms. The first-order chi connectivity index (χ1) is 16.4. The zero-order valence-corrected chi connectivity index (χ0v) is 20.4. The molecule has 2 aromatic carbocycles. The van der Waals surface area contributed by atoms with Crippen molar-refractivity contribution in [2.45, 2.75) is 12.5 Å². The number of morpholine rings is 1. The summed E-state index contributed by atoms with van der Waals surface area (Å²) in [5.41, 5.74) is 0.650. The fourth-order valence-corrected chi connectivity index (χ4v) is 4.81. The Labute approximate surface area is 205 Å². The number of ketones is 1. The maximum atomic E-state index is 14.3. The SMILES string of the molecule is COc1ccc(C(=O)C2=C(O)C(=O)N(CCCN3CCOCC3)C2c2cccc(Br)c2)cc1F. The Morgan fingerprint density at radius 2 is 1.97 bits per heavy atom. The number of rotatable bonds is 8. The molecule has 1 fully saturated rings. The molecule has 2 aromatic rings. The van der Waals surface area contributed by atoms with E-state index in [4.69, 9.17) is 9.47 Å². The summed E-state index contributed by atoms with van der Waals surface area (Å²) in [7, 11) is 1.34. The van der Waals surface area contributed by atoms with Crippen molar-refractivity contribution in [2.75, 3.05) is 46.5 Å². The van der Waals surface area contributed by atoms with E-state index in [-0.39, 0.29) is 16.9 Å². The molecule has 9 heteroatoms. The van der Waals surface area contributed by atoms with Gasteiger partial charge in [0.05, 0.1) is 31.9 Å². The van der Waals surface area contributed by atoms with E-state index in [0.717, 1.165) is 30.2 Å². The van der Waals surface area contributed by atoms with Crippen molar-refractivity contribution in [3.8, 4) is 5.75 Å². The topological polar surface area (TPSA) is 79.3 Å². The molecule has 0 aromatic heterocycles. The molecule has 1 unspecified atom stereocenters. The van der Waals surface area contributed by atoms with Crippen LogP contribution in [0.5, 0.6) is 5.75 Å². The van der Waals surface area contributed by atoms with Gasteiger partial charge in [0, 0.05) is 36.2 Å². The van der Waals surface area contributed by atoms with Crippen LogP contribution >= 0.6 is 15.9 Å². The van der Waals surface area contributed by atoms with Crippen LogP contribution in [0.4, 0.5) is 4.39 Å². The fourth-order valence-electron chi connectivity index (χ4n) is 4.39. The third-order valence-corrected chi connectivity index (χ3v) is 6.60. The molecule has 1 N–H and O–H groups in total. The summed E-state index contributed by atoms with van der Waals surface area (Å²) in [6.07, 6.45) is 0.669. The number of ether oxygens (including phenoxy) is 2. The molecule has 0 radical (unpaired) electrons. The smallest absolute Gasteiger partial charge is 0.290 e. The van der Waals surface area contributed by atoms with Gasteiger partial charge in [0.1, 0.15) is 0 Å². The maximum absolute atomic E-state index is 14.3. The zero-order valence-electron chi connectivity index (χ0n) is 18.8. The van der Waals surface area contributed by atoms with Crippen LogP contribution in [0.25, 0.3) is 0 Å². The Hall–Kier alpha value is -2.75. The average molecular weight is 533 g/mol. The first kappa shape index (κ1) is 24.4. The summed E-state index contributed by atoms with van der Waals surface area (Å²) < 4.78 is 25.4. The highest BCUT2D eigenvalue weighted by Gasteiger charge is 2.43. The zero-order chi connectivity index (χ0) is 24.2. The number of halogens is 2. The number of carbonyl (C=O) groups excluding carboxylic acids is 2. The normalized spacial score (nSPS) is 19.1. The molecule has 2 heterocycles. The third kappa shape index (κ3) is 5.01. The molecular weight excluding hydrogens is 507 g/mol. The monoisotopic (exact) mass is 532 g/mol. The minimum Gasteiger partial charge on any atom is -0.503 e. The summed E-state index contributed by atoms with van der Waals surface area (Å²) in [6, 6.07) is 10.3. The Morgan fingerprint density at radius 1 is 1.21 bits per heavy atom. The third-order valence-electron chi connectivity index (χ3n) is 6.10. The van der Waals surface area contributed by atoms with Crippen LogP contribution in [0, 0.1) is 5.82 Å². The lowest BCUT2D eigenvalue weighted by Crippen LogP contribution is -2.39. The van der Waals surface area contributed by atoms with E-state index < -0.39 is 29.3 Å². The molecular formula is C25H26BrFN2O5. The predicted molar refractivity (Wildman–Crippen MR) is 127 cm³/mol. The van der Waals surface area contributed by atoms with E-state index in [9.17, 15) is 19.1 Å². The Morgan fingerprint density at radius 3 is 2.65 bits per heavy atom. The largest absolute Gasteiger partial charge is 0.503 e. The number of amides is 1. The molecule has 180 valence electrons. The number of carbonyl (C=O) groups is 2. The van der Waals surface area contributed by atoms with Crippen molar-refractivity contribution >= 4 is 27.6 Å². The van der Waals surface area contributed by atoms with Gasteiger partial charge in [-0.15, -0.1) is 0 Å². The van der Waals surface area contributed by atoms with Gasteiger partial charge >= 0.3 is 0 Å². The van der Waals surface area contributed by atoms with Gasteiger partial charge in [-0.05, 0) is 42.3 Å². The minimum atomic E-state index is -0.785. The average Bonchev–Trinajstić information content (AvgIpc) is 3.09. The van der Waals surface area contributed by atoms with Gasteiger partial charge < -0.3 is 19.5 Å². The van der Waals surface area contributed by atoms with E-state index >= 15 is 0 Å². The van der Waals surface area contributed by atoms with Gasteiger partial charge in [0.25, 0.3) is 5.91 Å². The Bertz CT molecular complexity index is 1120. The van der Waals surface area contributed by atoms with Crippen molar-refractivity contribution in [3.63, 3.8) is 0 Å². The number of hydrogen-bond acceptors (Lipinski definition) is 6. The summed E-state index contributed by atoms with van der Waals surface area (Å²) in [6.45, 7) is 4.15. The van der Waals surface area contributed by atoms with E-state index in [1.165, 1.54) is 24.1 Å². The van der Waals surface area contributed by atoms with Crippen LogP contribution in [-0.4, -0.2) is 73.1 Å². The number of Topliss-reactive ketones (excluding diaryl/α,β-unsaturated/α-hetero) is 1. The van der Waals surface area contributed by atoms with Crippen molar-refractivity contribution in [3.05, 3.63) is 75.2 Å². The number of aliphatic hydroxyl groups is 1. The molecule has 2 aliphatic heterocycles. The molecule has 1 saturated heterocycles. The molecule has 0 spiro atoms. The number of benzene rings is 2. The van der Waals surface area contributed by atoms with Crippen molar-refractivity contribution in [1.29, 1.82) is 0 Å². The van der Waals surface area contributed by atoms with Crippen molar-refractivity contribution < 1.29 is 28.6 Å². The first-order valence-electron chi connectivity index (χ1n) is 11.1. The van der Waals surface area contributed by atoms with Crippen molar-refractivity contribution in [2.24, 2.45) is 0 Å². The van der Waals surface area contributed by atoms with Crippen LogP contribution in [0.3, 0.4) is 0 Å². The molecule has 34 heavy (non-hydrogen) atoms. The molecule has 2 aliphatic rings. The highest BCUT2D eigenvalue weighted by molar-refractivity contribution is 9.10. The van der Waals surface area contributed by atoms with Gasteiger partial charge in [0.2, 0.25) is 0 Å². The molecule has 4 rings (SSSR count). The minimum absolute atomic E-state index is 0.00512. The second-order valence-electron chi connectivity index (χ2n) is 8.20. The lowest BCUT2D eigenvalue weighted by Gasteiger charge is -2.30. The number of nitrogens with zero attached hydrogens (tertiary/aromatic N) is 2. The van der Waals surface area contributed by atoms with E-state index in [0.29, 0.717) is 31.7 Å². The second-order valence-corrected chi connectivity index (χ2v) is 9.12. The molecule has 1 atom stereocenters. The van der Waals surface area contributed by atoms with Gasteiger partial charge in [0.15, 0.2) is 23.1 Å². The molecule has 7 nitrogen and oxygen atoms in total. The summed E-state index contributed by atoms with van der Waals surface area (Å²) in [4.78, 5) is 30.3. The Balaban J connectivity index is 1.64. The van der Waals surface area contributed by atoms with Gasteiger partial charge in [-0.1, -0.05) is 28.1 Å². The second kappa shape index (κ2) is 10.7. The van der Waals surface area contributed by atoms with Crippen molar-refractivity contribution in [1.82, 2.24) is 9.80 Å². The van der Waals surface area contributed by atoms with Crippen LogP contribution < -0.4 is 4.74 Å². The quantitative estimate of drug-likeness (QED) is 0.519. The Kier molecular flexibility index (Phi) is 7.65. The van der Waals surface area contributed by atoms with Gasteiger partial charge in [-0.3, -0.25) is 14.5 Å². The molecule has 1 amide bonds. The van der Waals surface area contributed by atoms with E-state index in [1.807, 2.05) is 12.1 Å². The fraction of sp³-hybridized carbons (Fsp3) is 0.360. The van der Waals surface area contributed by atoms with Gasteiger partial charge in [-0.25, -0.2) is 4.39 Å². The number of methoxy groups -OCH3 is 1. The number of aliphatic hydroxyl groups excluding tert-OH is 1. The predicted octanol–water partition coefficient (Wildman–Crippen LogP) is 3.90. The van der Waals surface area contributed by atoms with Crippen LogP contribution in [0.1, 0.15) is 28.4 Å². The molecule has 0 aliphatic carbocycles. The van der Waals surface area contributed by atoms with Crippen LogP contribution in [0.2, 0.25) is 0 Å². The highest BCUT2D eigenvalue weighted by atomic mass is 79.9. The van der Waals surface area contributed by atoms with Crippen LogP contribution in [-0.2, 0) is 9.53 Å². The summed E-state index contributed by atoms with van der Waals surface area (Å²) in [5.74, 6) is -2.50. The van der Waals surface area contributed by atoms with E-state index in [1.54, 1.807) is 12.1 Å². The summed E-state index contributed by atoms with van der Waals surface area (Å²) >= 11 is 3.44. The lowest BCUT2D eigenvalue weighted by atomic mass is 9.92. The molecule has 0 saturated carbocycles. The number of hydrogen-bond donors (Lipinski definition) is 1. The first-order valence-corrected chi connectivity index (χ1v) is 11.9. The van der Waals surface area contributed by atoms with Gasteiger partial charge in [-0.2, -0.15) is 0 Å². The highest BCUT2D eigenvalue weighted by Crippen LogP contribution is 2.40. The summed E-state index contributed by atoms with van der Waals surface area (Å²) in [5, 5.41) is 10.8. The van der Waals surface area contributed by atoms with E-state index in [2.05, 4.69) is 20.8 Å².